The summed E-state index contributed by atoms with van der Waals surface area (Å²) in [5.74, 6) is 0.728. The van der Waals surface area contributed by atoms with Crippen LogP contribution in [-0.2, 0) is 12.7 Å². The van der Waals surface area contributed by atoms with Crippen molar-refractivity contribution < 1.29 is 17.9 Å². The lowest BCUT2D eigenvalue weighted by molar-refractivity contribution is -0.137. The number of halogens is 4. The Morgan fingerprint density at radius 3 is 2.62 bits per heavy atom. The van der Waals surface area contributed by atoms with Gasteiger partial charge in [-0.3, -0.25) is 9.98 Å². The Morgan fingerprint density at radius 2 is 1.96 bits per heavy atom. The van der Waals surface area contributed by atoms with Crippen LogP contribution in [0.25, 0.3) is 0 Å². The number of nitrogens with one attached hydrogen (secondary N) is 2. The maximum Gasteiger partial charge on any atom is 0.416 e. The van der Waals surface area contributed by atoms with Gasteiger partial charge in [0.25, 0.3) is 0 Å². The first-order chi connectivity index (χ1) is 12.0. The molecule has 0 aliphatic rings. The minimum atomic E-state index is -4.38. The predicted octanol–water partition coefficient (Wildman–Crippen LogP) is 3.46. The van der Waals surface area contributed by atoms with E-state index in [-0.39, 0.29) is 36.3 Å². The van der Waals surface area contributed by atoms with E-state index in [1.54, 1.807) is 13.2 Å². The van der Waals surface area contributed by atoms with Crippen LogP contribution < -0.4 is 15.4 Å². The molecule has 2 rings (SSSR count). The molecule has 0 fully saturated rings. The summed E-state index contributed by atoms with van der Waals surface area (Å²) in [5, 5.41) is 6.10. The van der Waals surface area contributed by atoms with Gasteiger partial charge < -0.3 is 15.4 Å². The zero-order chi connectivity index (χ0) is 18.1. The molecule has 0 saturated carbocycles. The van der Waals surface area contributed by atoms with E-state index in [2.05, 4.69) is 20.6 Å². The first-order valence-corrected chi connectivity index (χ1v) is 7.63. The number of pyridine rings is 1. The second kappa shape index (κ2) is 10.8. The highest BCUT2D eigenvalue weighted by Crippen LogP contribution is 2.31. The number of hydrogen-bond acceptors (Lipinski definition) is 3. The van der Waals surface area contributed by atoms with Gasteiger partial charge in [-0.25, -0.2) is 0 Å². The molecule has 1 aromatic carbocycles. The molecule has 0 spiro atoms. The minimum Gasteiger partial charge on any atom is -0.492 e. The number of rotatable bonds is 6. The number of ether oxygens (including phenoxy) is 1. The summed E-state index contributed by atoms with van der Waals surface area (Å²) >= 11 is 0. The zero-order valence-corrected chi connectivity index (χ0v) is 16.4. The summed E-state index contributed by atoms with van der Waals surface area (Å²) in [4.78, 5) is 8.24. The maximum absolute atomic E-state index is 12.6. The van der Waals surface area contributed by atoms with Crippen LogP contribution in [0.4, 0.5) is 13.2 Å². The molecule has 0 saturated heterocycles. The number of benzene rings is 1. The molecule has 142 valence electrons. The van der Waals surface area contributed by atoms with E-state index < -0.39 is 11.7 Å². The smallest absolute Gasteiger partial charge is 0.416 e. The van der Waals surface area contributed by atoms with Gasteiger partial charge in [-0.1, -0.05) is 12.1 Å². The number of alkyl halides is 3. The Kier molecular flexibility index (Phi) is 9.17. The van der Waals surface area contributed by atoms with E-state index in [1.807, 2.05) is 18.2 Å². The second-order valence-corrected chi connectivity index (χ2v) is 5.05. The van der Waals surface area contributed by atoms with Crippen LogP contribution >= 0.6 is 24.0 Å². The minimum absolute atomic E-state index is 0. The van der Waals surface area contributed by atoms with Crippen molar-refractivity contribution >= 4 is 29.9 Å². The first kappa shape index (κ1) is 22.0. The molecule has 0 radical (unpaired) electrons. The quantitative estimate of drug-likeness (QED) is 0.288. The van der Waals surface area contributed by atoms with Crippen LogP contribution in [0.3, 0.4) is 0 Å². The summed E-state index contributed by atoms with van der Waals surface area (Å²) in [7, 11) is 1.63. The highest BCUT2D eigenvalue weighted by Gasteiger charge is 2.30. The van der Waals surface area contributed by atoms with Crippen LogP contribution in [0.2, 0.25) is 0 Å². The molecule has 5 nitrogen and oxygen atoms in total. The Morgan fingerprint density at radius 1 is 1.15 bits per heavy atom. The van der Waals surface area contributed by atoms with Crippen LogP contribution in [0, 0.1) is 0 Å². The van der Waals surface area contributed by atoms with Crippen LogP contribution in [0.1, 0.15) is 11.3 Å². The van der Waals surface area contributed by atoms with Crippen molar-refractivity contribution in [1.82, 2.24) is 15.6 Å². The molecule has 0 bridgehead atoms. The largest absolute Gasteiger partial charge is 0.492 e. The third-order valence-electron chi connectivity index (χ3n) is 3.21. The molecule has 26 heavy (non-hydrogen) atoms. The van der Waals surface area contributed by atoms with Gasteiger partial charge in [0, 0.05) is 13.2 Å². The summed E-state index contributed by atoms with van der Waals surface area (Å²) in [5.41, 5.74) is 0.136. The van der Waals surface area contributed by atoms with Gasteiger partial charge in [0.05, 0.1) is 24.3 Å². The lowest BCUT2D eigenvalue weighted by Gasteiger charge is -2.13. The number of guanidine groups is 1. The van der Waals surface area contributed by atoms with Gasteiger partial charge in [0.15, 0.2) is 5.96 Å². The van der Waals surface area contributed by atoms with Crippen molar-refractivity contribution in [3.8, 4) is 5.75 Å². The van der Waals surface area contributed by atoms with Crippen LogP contribution in [0.5, 0.6) is 5.75 Å². The Hall–Kier alpha value is -2.04. The standard InChI is InChI=1S/C17H19F3N4O.HI/c1-21-16(24-12-14-6-2-3-8-22-14)23-9-10-25-15-7-4-5-13(11-15)17(18,19)20;/h2-8,11H,9-10,12H2,1H3,(H2,21,23,24);1H. The van der Waals surface area contributed by atoms with E-state index in [4.69, 9.17) is 4.74 Å². The fourth-order valence-electron chi connectivity index (χ4n) is 2.00. The Balaban J connectivity index is 0.00000338. The van der Waals surface area contributed by atoms with E-state index in [0.29, 0.717) is 19.0 Å². The first-order valence-electron chi connectivity index (χ1n) is 7.63. The molecule has 0 unspecified atom stereocenters. The molecule has 0 aliphatic heterocycles. The molecule has 1 aromatic heterocycles. The normalized spacial score (nSPS) is 11.5. The Labute approximate surface area is 167 Å². The molecule has 0 aliphatic carbocycles. The van der Waals surface area contributed by atoms with Gasteiger partial charge in [-0.05, 0) is 30.3 Å². The fourth-order valence-corrected chi connectivity index (χ4v) is 2.00. The summed E-state index contributed by atoms with van der Waals surface area (Å²) < 4.78 is 43.2. The molecule has 0 amide bonds. The SMILES string of the molecule is CN=C(NCCOc1cccc(C(F)(F)F)c1)NCc1ccccn1.I. The zero-order valence-electron chi connectivity index (χ0n) is 14.1. The molecule has 2 N–H and O–H groups in total. The lowest BCUT2D eigenvalue weighted by atomic mass is 10.2. The third-order valence-corrected chi connectivity index (χ3v) is 3.21. The maximum atomic E-state index is 12.6. The van der Waals surface area contributed by atoms with Gasteiger partial charge in [-0.2, -0.15) is 13.2 Å². The number of nitrogens with zero attached hydrogens (tertiary/aromatic N) is 2. The van der Waals surface area contributed by atoms with E-state index in [9.17, 15) is 13.2 Å². The van der Waals surface area contributed by atoms with Gasteiger partial charge in [0.1, 0.15) is 12.4 Å². The number of hydrogen-bond donors (Lipinski definition) is 2. The third kappa shape index (κ3) is 7.46. The van der Waals surface area contributed by atoms with Crippen LogP contribution in [-0.4, -0.2) is 31.1 Å². The topological polar surface area (TPSA) is 58.5 Å². The highest BCUT2D eigenvalue weighted by molar-refractivity contribution is 14.0. The highest BCUT2D eigenvalue weighted by atomic mass is 127. The van der Waals surface area contributed by atoms with Crippen molar-refractivity contribution in [2.24, 2.45) is 4.99 Å². The van der Waals surface area contributed by atoms with Crippen molar-refractivity contribution in [3.05, 3.63) is 59.9 Å². The molecular formula is C17H20F3IN4O. The number of aliphatic imine (C=N–C) groups is 1. The fraction of sp³-hybridized carbons (Fsp3) is 0.294. The molecule has 1 heterocycles. The van der Waals surface area contributed by atoms with Crippen molar-refractivity contribution in [2.45, 2.75) is 12.7 Å². The van der Waals surface area contributed by atoms with Crippen molar-refractivity contribution in [2.75, 3.05) is 20.2 Å². The molecule has 9 heteroatoms. The second-order valence-electron chi connectivity index (χ2n) is 5.05. The van der Waals surface area contributed by atoms with Gasteiger partial charge in [-0.15, -0.1) is 24.0 Å². The van der Waals surface area contributed by atoms with E-state index >= 15 is 0 Å². The average Bonchev–Trinajstić information content (AvgIpc) is 2.61. The molecule has 0 atom stereocenters. The Bertz CT molecular complexity index is 696. The summed E-state index contributed by atoms with van der Waals surface area (Å²) in [6, 6.07) is 10.4. The monoisotopic (exact) mass is 480 g/mol. The van der Waals surface area contributed by atoms with Gasteiger partial charge in [0.2, 0.25) is 0 Å². The van der Waals surface area contributed by atoms with Crippen molar-refractivity contribution in [3.63, 3.8) is 0 Å². The van der Waals surface area contributed by atoms with E-state index in [0.717, 1.165) is 17.8 Å². The van der Waals surface area contributed by atoms with Crippen molar-refractivity contribution in [1.29, 1.82) is 0 Å². The lowest BCUT2D eigenvalue weighted by Crippen LogP contribution is -2.39. The predicted molar refractivity (Wildman–Crippen MR) is 105 cm³/mol. The van der Waals surface area contributed by atoms with E-state index in [1.165, 1.54) is 12.1 Å². The molecular weight excluding hydrogens is 460 g/mol. The van der Waals surface area contributed by atoms with Gasteiger partial charge >= 0.3 is 6.18 Å². The summed E-state index contributed by atoms with van der Waals surface area (Å²) in [6.45, 7) is 1.10. The van der Waals surface area contributed by atoms with Crippen LogP contribution in [0.15, 0.2) is 53.7 Å². The average molecular weight is 480 g/mol. The number of aromatic nitrogens is 1. The summed E-state index contributed by atoms with van der Waals surface area (Å²) in [6.07, 6.45) is -2.68. The molecule has 2 aromatic rings.